The van der Waals surface area contributed by atoms with Gasteiger partial charge in [-0.05, 0) is 30.0 Å². The number of nitrogens with zero attached hydrogens (tertiary/aromatic N) is 3. The van der Waals surface area contributed by atoms with Crippen LogP contribution in [0.15, 0.2) is 24.3 Å². The second-order valence-corrected chi connectivity index (χ2v) is 6.77. The molecule has 0 saturated carbocycles. The van der Waals surface area contributed by atoms with Crippen LogP contribution in [0, 0.1) is 5.92 Å². The quantitative estimate of drug-likeness (QED) is 0.854. The minimum Gasteiger partial charge on any atom is -0.346 e. The van der Waals surface area contributed by atoms with E-state index in [-0.39, 0.29) is 0 Å². The van der Waals surface area contributed by atoms with E-state index in [2.05, 4.69) is 22.0 Å². The molecular formula is C15H18ClN3S. The predicted octanol–water partition coefficient (Wildman–Crippen LogP) is 4.02. The second kappa shape index (κ2) is 6.10. The number of benzene rings is 1. The predicted molar refractivity (Wildman–Crippen MR) is 84.8 cm³/mol. The zero-order valence-corrected chi connectivity index (χ0v) is 13.1. The molecule has 1 saturated heterocycles. The second-order valence-electron chi connectivity index (χ2n) is 5.29. The third-order valence-electron chi connectivity index (χ3n) is 3.86. The van der Waals surface area contributed by atoms with E-state index >= 15 is 0 Å². The van der Waals surface area contributed by atoms with Gasteiger partial charge in [-0.2, -0.15) is 0 Å². The molecular weight excluding hydrogens is 290 g/mol. The first-order valence-electron chi connectivity index (χ1n) is 7.06. The minimum absolute atomic E-state index is 0.773. The molecule has 3 rings (SSSR count). The van der Waals surface area contributed by atoms with Crippen molar-refractivity contribution in [2.24, 2.45) is 5.92 Å². The zero-order chi connectivity index (χ0) is 13.9. The third-order valence-corrected chi connectivity index (χ3v) is 5.09. The number of halogens is 1. The Labute approximate surface area is 128 Å². The number of rotatable bonds is 4. The van der Waals surface area contributed by atoms with Crippen LogP contribution in [0.4, 0.5) is 5.13 Å². The van der Waals surface area contributed by atoms with Gasteiger partial charge in [-0.15, -0.1) is 10.2 Å². The molecule has 0 bridgehead atoms. The van der Waals surface area contributed by atoms with Crippen molar-refractivity contribution < 1.29 is 0 Å². The molecule has 3 nitrogen and oxygen atoms in total. The Bertz CT molecular complexity index is 567. The van der Waals surface area contributed by atoms with Gasteiger partial charge in [0, 0.05) is 24.5 Å². The molecule has 2 heterocycles. The lowest BCUT2D eigenvalue weighted by Crippen LogP contribution is -2.19. The highest BCUT2D eigenvalue weighted by molar-refractivity contribution is 7.15. The summed E-state index contributed by atoms with van der Waals surface area (Å²) in [6.45, 7) is 4.51. The molecule has 1 aliphatic rings. The lowest BCUT2D eigenvalue weighted by molar-refractivity contribution is 0.569. The van der Waals surface area contributed by atoms with E-state index in [0.717, 1.165) is 40.6 Å². The van der Waals surface area contributed by atoms with Crippen LogP contribution in [0.1, 0.15) is 30.3 Å². The first-order chi connectivity index (χ1) is 9.74. The highest BCUT2D eigenvalue weighted by Gasteiger charge is 2.23. The molecule has 0 amide bonds. The van der Waals surface area contributed by atoms with E-state index in [1.54, 1.807) is 11.3 Å². The first kappa shape index (κ1) is 13.8. The fourth-order valence-electron chi connectivity index (χ4n) is 2.56. The summed E-state index contributed by atoms with van der Waals surface area (Å²) < 4.78 is 0. The minimum atomic E-state index is 0.773. The van der Waals surface area contributed by atoms with Gasteiger partial charge in [0.15, 0.2) is 0 Å². The maximum atomic E-state index is 5.90. The van der Waals surface area contributed by atoms with E-state index < -0.39 is 0 Å². The highest BCUT2D eigenvalue weighted by atomic mass is 35.5. The Balaban J connectivity index is 1.66. The first-order valence-corrected chi connectivity index (χ1v) is 8.26. The summed E-state index contributed by atoms with van der Waals surface area (Å²) in [4.78, 5) is 2.37. The van der Waals surface area contributed by atoms with Crippen molar-refractivity contribution in [3.8, 4) is 0 Å². The van der Waals surface area contributed by atoms with Crippen LogP contribution in [-0.4, -0.2) is 23.3 Å². The molecule has 0 radical (unpaired) electrons. The van der Waals surface area contributed by atoms with Gasteiger partial charge in [-0.25, -0.2) is 0 Å². The number of hydrogen-bond donors (Lipinski definition) is 0. The fraction of sp³-hybridized carbons (Fsp3) is 0.467. The van der Waals surface area contributed by atoms with Crippen LogP contribution < -0.4 is 4.90 Å². The third kappa shape index (κ3) is 3.13. The lowest BCUT2D eigenvalue weighted by Gasteiger charge is -2.13. The molecule has 0 aliphatic carbocycles. The Morgan fingerprint density at radius 3 is 2.80 bits per heavy atom. The molecule has 1 aromatic heterocycles. The summed E-state index contributed by atoms with van der Waals surface area (Å²) in [6, 6.07) is 7.94. The smallest absolute Gasteiger partial charge is 0.208 e. The van der Waals surface area contributed by atoms with Gasteiger partial charge in [0.2, 0.25) is 5.13 Å². The van der Waals surface area contributed by atoms with Crippen molar-refractivity contribution in [2.75, 3.05) is 18.0 Å². The monoisotopic (exact) mass is 307 g/mol. The maximum Gasteiger partial charge on any atom is 0.208 e. The van der Waals surface area contributed by atoms with Gasteiger partial charge < -0.3 is 4.90 Å². The molecule has 5 heteroatoms. The van der Waals surface area contributed by atoms with E-state index in [0.29, 0.717) is 0 Å². The largest absolute Gasteiger partial charge is 0.346 e. The Hall–Kier alpha value is -1.13. The topological polar surface area (TPSA) is 29.0 Å². The van der Waals surface area contributed by atoms with Crippen LogP contribution in [0.25, 0.3) is 0 Å². The van der Waals surface area contributed by atoms with Crippen LogP contribution in [0.2, 0.25) is 5.02 Å². The Morgan fingerprint density at radius 2 is 2.10 bits per heavy atom. The normalized spacial score (nSPS) is 18.7. The molecule has 1 fully saturated rings. The Morgan fingerprint density at radius 1 is 1.30 bits per heavy atom. The van der Waals surface area contributed by atoms with Crippen LogP contribution in [0.5, 0.6) is 0 Å². The average molecular weight is 308 g/mol. The highest BCUT2D eigenvalue weighted by Crippen LogP contribution is 2.28. The summed E-state index contributed by atoms with van der Waals surface area (Å²) in [5.74, 6) is 0.818. The summed E-state index contributed by atoms with van der Waals surface area (Å²) in [6.07, 6.45) is 3.37. The molecule has 0 N–H and O–H groups in total. The van der Waals surface area contributed by atoms with Crippen LogP contribution >= 0.6 is 22.9 Å². The molecule has 1 unspecified atom stereocenters. The van der Waals surface area contributed by atoms with Crippen LogP contribution in [-0.2, 0) is 6.42 Å². The van der Waals surface area contributed by atoms with Gasteiger partial charge in [0.05, 0.1) is 0 Å². The maximum absolute atomic E-state index is 5.90. The van der Waals surface area contributed by atoms with Crippen molar-refractivity contribution in [3.63, 3.8) is 0 Å². The molecule has 20 heavy (non-hydrogen) atoms. The van der Waals surface area contributed by atoms with Crippen molar-refractivity contribution in [1.82, 2.24) is 10.2 Å². The van der Waals surface area contributed by atoms with Gasteiger partial charge in [0.1, 0.15) is 5.01 Å². The molecule has 1 aliphatic heterocycles. The van der Waals surface area contributed by atoms with Crippen LogP contribution in [0.3, 0.4) is 0 Å². The van der Waals surface area contributed by atoms with Crippen molar-refractivity contribution >= 4 is 28.1 Å². The number of anilines is 1. The van der Waals surface area contributed by atoms with Crippen molar-refractivity contribution in [2.45, 2.75) is 26.2 Å². The van der Waals surface area contributed by atoms with E-state index in [9.17, 15) is 0 Å². The van der Waals surface area contributed by atoms with Gasteiger partial charge in [-0.1, -0.05) is 48.4 Å². The standard InChI is InChI=1S/C15H18ClN3S/c1-2-11-7-8-19(10-11)15-18-17-14(20-15)9-12-3-5-13(16)6-4-12/h3-6,11H,2,7-10H2,1H3. The summed E-state index contributed by atoms with van der Waals surface area (Å²) >= 11 is 7.61. The number of aromatic nitrogens is 2. The fourth-order valence-corrected chi connectivity index (χ4v) is 3.59. The lowest BCUT2D eigenvalue weighted by atomic mass is 10.1. The van der Waals surface area contributed by atoms with Crippen molar-refractivity contribution in [1.29, 1.82) is 0 Å². The molecule has 1 aromatic carbocycles. The van der Waals surface area contributed by atoms with E-state index in [1.165, 1.54) is 18.4 Å². The van der Waals surface area contributed by atoms with Crippen molar-refractivity contribution in [3.05, 3.63) is 39.9 Å². The molecule has 1 atom stereocenters. The molecule has 106 valence electrons. The SMILES string of the molecule is CCC1CCN(c2nnc(Cc3ccc(Cl)cc3)s2)C1. The summed E-state index contributed by atoms with van der Waals surface area (Å²) in [5, 5.41) is 11.6. The summed E-state index contributed by atoms with van der Waals surface area (Å²) in [5.41, 5.74) is 1.23. The molecule has 0 spiro atoms. The van der Waals surface area contributed by atoms with E-state index in [4.69, 9.17) is 11.6 Å². The zero-order valence-electron chi connectivity index (χ0n) is 11.6. The molecule has 2 aromatic rings. The van der Waals surface area contributed by atoms with Gasteiger partial charge in [-0.3, -0.25) is 0 Å². The van der Waals surface area contributed by atoms with Gasteiger partial charge >= 0.3 is 0 Å². The average Bonchev–Trinajstić information content (AvgIpc) is 3.10. The van der Waals surface area contributed by atoms with E-state index in [1.807, 2.05) is 24.3 Å². The van der Waals surface area contributed by atoms with Gasteiger partial charge in [0.25, 0.3) is 0 Å². The Kier molecular flexibility index (Phi) is 4.22. The number of hydrogen-bond acceptors (Lipinski definition) is 4. The summed E-state index contributed by atoms with van der Waals surface area (Å²) in [7, 11) is 0.